The van der Waals surface area contributed by atoms with Gasteiger partial charge in [0.25, 0.3) is 0 Å². The van der Waals surface area contributed by atoms with Crippen molar-refractivity contribution in [2.45, 2.75) is 45.7 Å². The lowest BCUT2D eigenvalue weighted by atomic mass is 10.2. The van der Waals surface area contributed by atoms with E-state index in [9.17, 15) is 0 Å². The van der Waals surface area contributed by atoms with Gasteiger partial charge in [0.1, 0.15) is 0 Å². The molecule has 3 rings (SSSR count). The van der Waals surface area contributed by atoms with Gasteiger partial charge in [-0.15, -0.1) is 24.0 Å². The minimum Gasteiger partial charge on any atom is -0.369 e. The average molecular weight is 428 g/mol. The Balaban J connectivity index is 0.00000192. The van der Waals surface area contributed by atoms with E-state index in [0.29, 0.717) is 12.1 Å². The number of aryl methyl sites for hydroxylation is 1. The Labute approximate surface area is 157 Å². The summed E-state index contributed by atoms with van der Waals surface area (Å²) in [5.74, 6) is 1.78. The van der Waals surface area contributed by atoms with E-state index in [2.05, 4.69) is 65.6 Å². The van der Waals surface area contributed by atoms with Gasteiger partial charge in [0.2, 0.25) is 0 Å². The Morgan fingerprint density at radius 1 is 1.26 bits per heavy atom. The van der Waals surface area contributed by atoms with Crippen LogP contribution in [0.15, 0.2) is 29.3 Å². The normalized spacial score (nSPS) is 26.7. The third-order valence-electron chi connectivity index (χ3n) is 4.68. The maximum atomic E-state index is 4.59. The van der Waals surface area contributed by atoms with E-state index in [1.54, 1.807) is 0 Å². The Kier molecular flexibility index (Phi) is 6.56. The summed E-state index contributed by atoms with van der Waals surface area (Å²) in [5, 5.41) is 7.17. The van der Waals surface area contributed by atoms with Crippen molar-refractivity contribution in [1.29, 1.82) is 0 Å². The standard InChI is InChI=1S/C18H28N4.HI/c1-4-19-18(21-17-11-14(17)3)20-15-9-10-22(12-15)16-7-5-13(2)6-8-16;/h5-8,14-15,17H,4,9-12H2,1-3H3,(H2,19,20,21);1H. The van der Waals surface area contributed by atoms with Gasteiger partial charge in [-0.2, -0.15) is 0 Å². The van der Waals surface area contributed by atoms with Gasteiger partial charge in [-0.3, -0.25) is 4.99 Å². The number of rotatable bonds is 4. The molecule has 1 aliphatic heterocycles. The van der Waals surface area contributed by atoms with E-state index in [-0.39, 0.29) is 24.0 Å². The molecule has 0 aromatic heterocycles. The van der Waals surface area contributed by atoms with Crippen LogP contribution in [0.2, 0.25) is 0 Å². The van der Waals surface area contributed by atoms with Crippen molar-refractivity contribution in [1.82, 2.24) is 10.6 Å². The van der Waals surface area contributed by atoms with Gasteiger partial charge in [0.05, 0.1) is 0 Å². The van der Waals surface area contributed by atoms with Gasteiger partial charge < -0.3 is 15.5 Å². The van der Waals surface area contributed by atoms with E-state index in [0.717, 1.165) is 31.5 Å². The third-order valence-corrected chi connectivity index (χ3v) is 4.68. The van der Waals surface area contributed by atoms with Crippen LogP contribution in [0.1, 0.15) is 32.3 Å². The zero-order valence-corrected chi connectivity index (χ0v) is 16.7. The fourth-order valence-electron chi connectivity index (χ4n) is 3.05. The smallest absolute Gasteiger partial charge is 0.191 e. The molecule has 128 valence electrons. The fraction of sp³-hybridized carbons (Fsp3) is 0.611. The molecular formula is C18H29IN4. The zero-order chi connectivity index (χ0) is 15.5. The van der Waals surface area contributed by atoms with Crippen molar-refractivity contribution in [2.24, 2.45) is 10.9 Å². The minimum atomic E-state index is 0. The summed E-state index contributed by atoms with van der Waals surface area (Å²) in [6.45, 7) is 9.50. The van der Waals surface area contributed by atoms with Gasteiger partial charge >= 0.3 is 0 Å². The first-order chi connectivity index (χ1) is 10.7. The van der Waals surface area contributed by atoms with Crippen LogP contribution >= 0.6 is 24.0 Å². The number of aliphatic imine (C=N–C) groups is 1. The molecular weight excluding hydrogens is 399 g/mol. The van der Waals surface area contributed by atoms with Crippen LogP contribution in [0, 0.1) is 12.8 Å². The molecule has 3 atom stereocenters. The van der Waals surface area contributed by atoms with Gasteiger partial charge in [0.15, 0.2) is 5.96 Å². The molecule has 0 amide bonds. The molecule has 2 N–H and O–H groups in total. The SMILES string of the molecule is CCN=C(NC1CCN(c2ccc(C)cc2)C1)NC1CC1C.I. The van der Waals surface area contributed by atoms with Crippen LogP contribution < -0.4 is 15.5 Å². The van der Waals surface area contributed by atoms with E-state index >= 15 is 0 Å². The van der Waals surface area contributed by atoms with E-state index in [1.807, 2.05) is 0 Å². The molecule has 0 bridgehead atoms. The van der Waals surface area contributed by atoms with Crippen LogP contribution in [0.25, 0.3) is 0 Å². The summed E-state index contributed by atoms with van der Waals surface area (Å²) in [5.41, 5.74) is 2.64. The third kappa shape index (κ3) is 4.99. The molecule has 1 aromatic rings. The monoisotopic (exact) mass is 428 g/mol. The lowest BCUT2D eigenvalue weighted by Gasteiger charge is -2.20. The van der Waals surface area contributed by atoms with E-state index in [1.165, 1.54) is 24.1 Å². The van der Waals surface area contributed by atoms with Crippen LogP contribution in [0.5, 0.6) is 0 Å². The first kappa shape index (κ1) is 18.4. The van der Waals surface area contributed by atoms with Crippen molar-refractivity contribution in [3.05, 3.63) is 29.8 Å². The van der Waals surface area contributed by atoms with Crippen molar-refractivity contribution in [3.8, 4) is 0 Å². The first-order valence-electron chi connectivity index (χ1n) is 8.55. The zero-order valence-electron chi connectivity index (χ0n) is 14.4. The summed E-state index contributed by atoms with van der Waals surface area (Å²) >= 11 is 0. The summed E-state index contributed by atoms with van der Waals surface area (Å²) in [7, 11) is 0. The Morgan fingerprint density at radius 2 is 1.96 bits per heavy atom. The highest BCUT2D eigenvalue weighted by atomic mass is 127. The number of hydrogen-bond acceptors (Lipinski definition) is 2. The number of halogens is 1. The Hall–Kier alpha value is -0.980. The second-order valence-corrected chi connectivity index (χ2v) is 6.70. The molecule has 3 unspecified atom stereocenters. The number of nitrogens with one attached hydrogen (secondary N) is 2. The Morgan fingerprint density at radius 3 is 2.57 bits per heavy atom. The highest BCUT2D eigenvalue weighted by Crippen LogP contribution is 2.29. The molecule has 0 spiro atoms. The second-order valence-electron chi connectivity index (χ2n) is 6.70. The lowest BCUT2D eigenvalue weighted by molar-refractivity contribution is 0.641. The van der Waals surface area contributed by atoms with Crippen LogP contribution in [0.3, 0.4) is 0 Å². The van der Waals surface area contributed by atoms with Gasteiger partial charge in [-0.25, -0.2) is 0 Å². The maximum absolute atomic E-state index is 4.59. The molecule has 4 nitrogen and oxygen atoms in total. The first-order valence-corrected chi connectivity index (χ1v) is 8.55. The van der Waals surface area contributed by atoms with Gasteiger partial charge in [-0.05, 0) is 44.7 Å². The van der Waals surface area contributed by atoms with Crippen molar-refractivity contribution >= 4 is 35.6 Å². The Bertz CT molecular complexity index is 528. The summed E-state index contributed by atoms with van der Waals surface area (Å²) in [6.07, 6.45) is 2.43. The van der Waals surface area contributed by atoms with Crippen LogP contribution in [-0.2, 0) is 0 Å². The molecule has 1 saturated heterocycles. The second kappa shape index (κ2) is 8.22. The summed E-state index contributed by atoms with van der Waals surface area (Å²) in [6, 6.07) is 9.93. The molecule has 1 aromatic carbocycles. The molecule has 5 heteroatoms. The van der Waals surface area contributed by atoms with Gasteiger partial charge in [0, 0.05) is 37.4 Å². The van der Waals surface area contributed by atoms with E-state index < -0.39 is 0 Å². The lowest BCUT2D eigenvalue weighted by Crippen LogP contribution is -2.45. The molecule has 1 heterocycles. The highest BCUT2D eigenvalue weighted by molar-refractivity contribution is 14.0. The fourth-order valence-corrected chi connectivity index (χ4v) is 3.05. The minimum absolute atomic E-state index is 0. The number of guanidine groups is 1. The molecule has 0 radical (unpaired) electrons. The predicted molar refractivity (Wildman–Crippen MR) is 109 cm³/mol. The number of hydrogen-bond donors (Lipinski definition) is 2. The molecule has 1 saturated carbocycles. The van der Waals surface area contributed by atoms with E-state index in [4.69, 9.17) is 0 Å². The maximum Gasteiger partial charge on any atom is 0.191 e. The van der Waals surface area contributed by atoms with Crippen molar-refractivity contribution in [3.63, 3.8) is 0 Å². The quantitative estimate of drug-likeness (QED) is 0.440. The number of anilines is 1. The highest BCUT2D eigenvalue weighted by Gasteiger charge is 2.34. The summed E-state index contributed by atoms with van der Waals surface area (Å²) in [4.78, 5) is 7.05. The molecule has 23 heavy (non-hydrogen) atoms. The topological polar surface area (TPSA) is 39.7 Å². The van der Waals surface area contributed by atoms with Gasteiger partial charge in [-0.1, -0.05) is 24.6 Å². The number of benzene rings is 1. The van der Waals surface area contributed by atoms with Crippen LogP contribution in [0.4, 0.5) is 5.69 Å². The largest absolute Gasteiger partial charge is 0.369 e. The van der Waals surface area contributed by atoms with Crippen molar-refractivity contribution < 1.29 is 0 Å². The van der Waals surface area contributed by atoms with Crippen LogP contribution in [-0.4, -0.2) is 37.7 Å². The molecule has 2 aliphatic rings. The molecule has 2 fully saturated rings. The summed E-state index contributed by atoms with van der Waals surface area (Å²) < 4.78 is 0. The average Bonchev–Trinajstić information content (AvgIpc) is 2.99. The van der Waals surface area contributed by atoms with Crippen molar-refractivity contribution in [2.75, 3.05) is 24.5 Å². The number of nitrogens with zero attached hydrogens (tertiary/aromatic N) is 2. The predicted octanol–water partition coefficient (Wildman–Crippen LogP) is 3.16. The molecule has 1 aliphatic carbocycles.